The van der Waals surface area contributed by atoms with Crippen LogP contribution in [0.1, 0.15) is 5.56 Å². The summed E-state index contributed by atoms with van der Waals surface area (Å²) in [5.41, 5.74) is 0.891. The van der Waals surface area contributed by atoms with Crippen molar-refractivity contribution in [1.29, 1.82) is 0 Å². The van der Waals surface area contributed by atoms with E-state index < -0.39 is 6.03 Å². The molecule has 1 aliphatic heterocycles. The van der Waals surface area contributed by atoms with Crippen molar-refractivity contribution in [2.75, 3.05) is 19.6 Å². The van der Waals surface area contributed by atoms with Gasteiger partial charge < -0.3 is 10.6 Å². The van der Waals surface area contributed by atoms with E-state index in [0.717, 1.165) is 14.9 Å². The van der Waals surface area contributed by atoms with Crippen LogP contribution in [-0.2, 0) is 9.59 Å². The Hall–Kier alpha value is -2.15. The number of benzene rings is 1. The number of urea groups is 1. The van der Waals surface area contributed by atoms with Gasteiger partial charge >= 0.3 is 6.03 Å². The second-order valence-corrected chi connectivity index (χ2v) is 5.20. The van der Waals surface area contributed by atoms with E-state index in [0.29, 0.717) is 0 Å². The predicted octanol–water partition coefficient (Wildman–Crippen LogP) is 1.13. The largest absolute Gasteiger partial charge is 0.351 e. The van der Waals surface area contributed by atoms with Gasteiger partial charge in [-0.05, 0) is 17.7 Å². The van der Waals surface area contributed by atoms with Gasteiger partial charge in [-0.1, -0.05) is 34.1 Å². The Kier molecular flexibility index (Phi) is 5.10. The minimum absolute atomic E-state index is 0.0225. The molecule has 110 valence electrons. The van der Waals surface area contributed by atoms with Crippen LogP contribution in [-0.4, -0.2) is 42.4 Å². The summed E-state index contributed by atoms with van der Waals surface area (Å²) in [5.74, 6) is -0.559. The Bertz CT molecular complexity index is 585. The van der Waals surface area contributed by atoms with Crippen LogP contribution in [0.25, 0.3) is 6.08 Å². The number of nitrogens with one attached hydrogen (secondary N) is 2. The molecule has 0 unspecified atom stereocenters. The van der Waals surface area contributed by atoms with E-state index in [1.165, 1.54) is 6.08 Å². The zero-order valence-electron chi connectivity index (χ0n) is 11.1. The summed E-state index contributed by atoms with van der Waals surface area (Å²) in [4.78, 5) is 35.3. The molecule has 1 heterocycles. The molecule has 4 amide bonds. The average molecular weight is 352 g/mol. The zero-order chi connectivity index (χ0) is 15.2. The SMILES string of the molecule is O=C(/C=C/c1ccccc1Br)NCCN1C(=O)CNC1=O. The second-order valence-electron chi connectivity index (χ2n) is 4.35. The molecule has 7 heteroatoms. The van der Waals surface area contributed by atoms with E-state index in [1.54, 1.807) is 6.08 Å². The van der Waals surface area contributed by atoms with Crippen LogP contribution in [0.2, 0.25) is 0 Å². The molecule has 1 aromatic rings. The van der Waals surface area contributed by atoms with Crippen molar-refractivity contribution in [3.63, 3.8) is 0 Å². The van der Waals surface area contributed by atoms with Crippen LogP contribution in [0.15, 0.2) is 34.8 Å². The molecule has 2 rings (SSSR count). The summed E-state index contributed by atoms with van der Waals surface area (Å²) in [6.45, 7) is 0.409. The zero-order valence-corrected chi connectivity index (χ0v) is 12.7. The highest BCUT2D eigenvalue weighted by atomic mass is 79.9. The normalized spacial score (nSPS) is 14.6. The topological polar surface area (TPSA) is 78.5 Å². The number of halogens is 1. The summed E-state index contributed by atoms with van der Waals surface area (Å²) >= 11 is 3.39. The molecule has 21 heavy (non-hydrogen) atoms. The van der Waals surface area contributed by atoms with Crippen molar-refractivity contribution >= 4 is 39.9 Å². The van der Waals surface area contributed by atoms with Crippen molar-refractivity contribution in [2.45, 2.75) is 0 Å². The Labute approximate surface area is 130 Å². The van der Waals surface area contributed by atoms with Crippen molar-refractivity contribution in [1.82, 2.24) is 15.5 Å². The number of nitrogens with zero attached hydrogens (tertiary/aromatic N) is 1. The summed E-state index contributed by atoms with van der Waals surface area (Å²) in [7, 11) is 0. The molecule has 6 nitrogen and oxygen atoms in total. The lowest BCUT2D eigenvalue weighted by atomic mass is 10.2. The standard InChI is InChI=1S/C14H14BrN3O3/c15-11-4-2-1-3-10(11)5-6-12(19)16-7-8-18-13(20)9-17-14(18)21/h1-6H,7-9H2,(H,16,19)(H,17,21)/b6-5+. The van der Waals surface area contributed by atoms with E-state index in [-0.39, 0.29) is 31.4 Å². The van der Waals surface area contributed by atoms with Gasteiger partial charge in [0.15, 0.2) is 0 Å². The summed E-state index contributed by atoms with van der Waals surface area (Å²) in [6.07, 6.45) is 3.10. The minimum Gasteiger partial charge on any atom is -0.351 e. The number of rotatable bonds is 5. The van der Waals surface area contributed by atoms with Gasteiger partial charge in [0.05, 0.1) is 6.54 Å². The van der Waals surface area contributed by atoms with Gasteiger partial charge in [0, 0.05) is 23.6 Å². The lowest BCUT2D eigenvalue weighted by molar-refractivity contribution is -0.125. The number of hydrogen-bond donors (Lipinski definition) is 2. The number of imide groups is 1. The molecule has 0 atom stereocenters. The Morgan fingerprint density at radius 1 is 1.38 bits per heavy atom. The van der Waals surface area contributed by atoms with Crippen molar-refractivity contribution in [2.24, 2.45) is 0 Å². The van der Waals surface area contributed by atoms with Crippen LogP contribution < -0.4 is 10.6 Å². The third kappa shape index (κ3) is 4.16. The van der Waals surface area contributed by atoms with Gasteiger partial charge in [0.1, 0.15) is 0 Å². The van der Waals surface area contributed by atoms with Crippen LogP contribution >= 0.6 is 15.9 Å². The lowest BCUT2D eigenvalue weighted by Crippen LogP contribution is -2.38. The maximum absolute atomic E-state index is 11.6. The van der Waals surface area contributed by atoms with Crippen molar-refractivity contribution < 1.29 is 14.4 Å². The maximum Gasteiger partial charge on any atom is 0.324 e. The van der Waals surface area contributed by atoms with E-state index >= 15 is 0 Å². The summed E-state index contributed by atoms with van der Waals surface area (Å²) < 4.78 is 0.897. The molecule has 1 aliphatic rings. The van der Waals surface area contributed by atoms with Crippen LogP contribution in [0, 0.1) is 0 Å². The van der Waals surface area contributed by atoms with E-state index in [1.807, 2.05) is 24.3 Å². The predicted molar refractivity (Wildman–Crippen MR) is 81.3 cm³/mol. The highest BCUT2D eigenvalue weighted by Crippen LogP contribution is 2.16. The first-order valence-corrected chi connectivity index (χ1v) is 7.16. The fraction of sp³-hybridized carbons (Fsp3) is 0.214. The van der Waals surface area contributed by atoms with Gasteiger partial charge in [-0.3, -0.25) is 14.5 Å². The second kappa shape index (κ2) is 7.03. The van der Waals surface area contributed by atoms with Gasteiger partial charge in [0.2, 0.25) is 11.8 Å². The van der Waals surface area contributed by atoms with Gasteiger partial charge in [-0.25, -0.2) is 4.79 Å². The third-order valence-electron chi connectivity index (χ3n) is 2.89. The molecule has 0 saturated carbocycles. The van der Waals surface area contributed by atoms with Crippen molar-refractivity contribution in [3.05, 3.63) is 40.4 Å². The molecule has 2 N–H and O–H groups in total. The third-order valence-corrected chi connectivity index (χ3v) is 3.61. The lowest BCUT2D eigenvalue weighted by Gasteiger charge is -2.11. The number of hydrogen-bond acceptors (Lipinski definition) is 3. The highest BCUT2D eigenvalue weighted by molar-refractivity contribution is 9.10. The number of carbonyl (C=O) groups excluding carboxylic acids is 3. The Balaban J connectivity index is 1.79. The maximum atomic E-state index is 11.6. The van der Waals surface area contributed by atoms with E-state index in [4.69, 9.17) is 0 Å². The fourth-order valence-corrected chi connectivity index (χ4v) is 2.22. The minimum atomic E-state index is -0.419. The van der Waals surface area contributed by atoms with Gasteiger partial charge in [-0.2, -0.15) is 0 Å². The van der Waals surface area contributed by atoms with E-state index in [9.17, 15) is 14.4 Å². The first kappa shape index (κ1) is 15.2. The van der Waals surface area contributed by atoms with E-state index in [2.05, 4.69) is 26.6 Å². The van der Waals surface area contributed by atoms with Gasteiger partial charge in [-0.15, -0.1) is 0 Å². The fourth-order valence-electron chi connectivity index (χ4n) is 1.81. The molecule has 1 fully saturated rings. The van der Waals surface area contributed by atoms with Crippen LogP contribution in [0.4, 0.5) is 4.79 Å². The highest BCUT2D eigenvalue weighted by Gasteiger charge is 2.27. The van der Waals surface area contributed by atoms with Crippen LogP contribution in [0.3, 0.4) is 0 Å². The van der Waals surface area contributed by atoms with Crippen LogP contribution in [0.5, 0.6) is 0 Å². The molecule has 1 saturated heterocycles. The summed E-state index contributed by atoms with van der Waals surface area (Å²) in [5, 5.41) is 5.04. The number of amides is 4. The summed E-state index contributed by atoms with van der Waals surface area (Å²) in [6, 6.07) is 7.11. The first-order chi connectivity index (χ1) is 10.1. The Morgan fingerprint density at radius 2 is 2.14 bits per heavy atom. The number of carbonyl (C=O) groups is 3. The molecule has 0 aromatic heterocycles. The molecule has 0 radical (unpaired) electrons. The smallest absolute Gasteiger partial charge is 0.324 e. The molecule has 0 aliphatic carbocycles. The molecule has 0 spiro atoms. The monoisotopic (exact) mass is 351 g/mol. The quantitative estimate of drug-likeness (QED) is 0.616. The van der Waals surface area contributed by atoms with Crippen molar-refractivity contribution in [3.8, 4) is 0 Å². The molecule has 1 aromatic carbocycles. The Morgan fingerprint density at radius 3 is 2.81 bits per heavy atom. The molecular formula is C14H14BrN3O3. The van der Waals surface area contributed by atoms with Gasteiger partial charge in [0.25, 0.3) is 0 Å². The first-order valence-electron chi connectivity index (χ1n) is 6.36. The molecular weight excluding hydrogens is 338 g/mol. The average Bonchev–Trinajstić information content (AvgIpc) is 2.78. The molecule has 0 bridgehead atoms.